The van der Waals surface area contributed by atoms with E-state index in [2.05, 4.69) is 106 Å². The van der Waals surface area contributed by atoms with Gasteiger partial charge in [0.05, 0.1) is 0 Å². The van der Waals surface area contributed by atoms with Crippen LogP contribution in [0.4, 0.5) is 0 Å². The summed E-state index contributed by atoms with van der Waals surface area (Å²) in [6, 6.07) is 25.0. The van der Waals surface area contributed by atoms with Crippen molar-refractivity contribution in [1.29, 1.82) is 0 Å². The van der Waals surface area contributed by atoms with E-state index in [9.17, 15) is 0 Å². The lowest BCUT2D eigenvalue weighted by Crippen LogP contribution is -2.30. The van der Waals surface area contributed by atoms with Gasteiger partial charge in [-0.15, -0.1) is 0 Å². The SMILES string of the molecule is CC(C)N(Cc1ccc(C(C)(C)C)cc1)Cc1cccc2ccccc12. The van der Waals surface area contributed by atoms with Crippen LogP contribution in [0, 0.1) is 0 Å². The van der Waals surface area contributed by atoms with E-state index in [1.165, 1.54) is 27.5 Å². The minimum Gasteiger partial charge on any atom is -0.292 e. The molecule has 0 bridgehead atoms. The summed E-state index contributed by atoms with van der Waals surface area (Å²) in [6.07, 6.45) is 0. The molecule has 0 unspecified atom stereocenters. The average molecular weight is 346 g/mol. The third-order valence-corrected chi connectivity index (χ3v) is 5.19. The molecule has 0 radical (unpaired) electrons. The molecule has 0 amide bonds. The van der Waals surface area contributed by atoms with Gasteiger partial charge in [0.15, 0.2) is 0 Å². The third kappa shape index (κ3) is 4.34. The monoisotopic (exact) mass is 345 g/mol. The molecule has 1 nitrogen and oxygen atoms in total. The minimum absolute atomic E-state index is 0.208. The van der Waals surface area contributed by atoms with Gasteiger partial charge in [0.2, 0.25) is 0 Å². The van der Waals surface area contributed by atoms with Gasteiger partial charge in [0.1, 0.15) is 0 Å². The minimum atomic E-state index is 0.208. The predicted octanol–water partition coefficient (Wildman–Crippen LogP) is 6.55. The first-order valence-corrected chi connectivity index (χ1v) is 9.65. The summed E-state index contributed by atoms with van der Waals surface area (Å²) in [5.74, 6) is 0. The van der Waals surface area contributed by atoms with Crippen molar-refractivity contribution >= 4 is 10.8 Å². The third-order valence-electron chi connectivity index (χ3n) is 5.19. The summed E-state index contributed by atoms with van der Waals surface area (Å²) in [7, 11) is 0. The molecule has 0 saturated carbocycles. The van der Waals surface area contributed by atoms with Crippen LogP contribution in [-0.2, 0) is 18.5 Å². The summed E-state index contributed by atoms with van der Waals surface area (Å²) < 4.78 is 0. The number of fused-ring (bicyclic) bond motifs is 1. The molecular formula is C25H31N. The van der Waals surface area contributed by atoms with Gasteiger partial charge >= 0.3 is 0 Å². The largest absolute Gasteiger partial charge is 0.292 e. The molecule has 0 fully saturated rings. The molecule has 0 spiro atoms. The highest BCUT2D eigenvalue weighted by Gasteiger charge is 2.15. The highest BCUT2D eigenvalue weighted by molar-refractivity contribution is 5.85. The van der Waals surface area contributed by atoms with Gasteiger partial charge < -0.3 is 0 Å². The molecular weight excluding hydrogens is 314 g/mol. The zero-order chi connectivity index (χ0) is 18.7. The lowest BCUT2D eigenvalue weighted by atomic mass is 9.86. The van der Waals surface area contributed by atoms with Crippen molar-refractivity contribution in [2.75, 3.05) is 0 Å². The lowest BCUT2D eigenvalue weighted by molar-refractivity contribution is 0.204. The number of hydrogen-bond donors (Lipinski definition) is 0. The fourth-order valence-electron chi connectivity index (χ4n) is 3.41. The molecule has 1 heteroatoms. The van der Waals surface area contributed by atoms with Crippen LogP contribution in [0.5, 0.6) is 0 Å². The van der Waals surface area contributed by atoms with Gasteiger partial charge in [-0.2, -0.15) is 0 Å². The quantitative estimate of drug-likeness (QED) is 0.507. The Bertz CT molecular complexity index is 848. The predicted molar refractivity (Wildman–Crippen MR) is 113 cm³/mol. The number of nitrogens with zero attached hydrogens (tertiary/aromatic N) is 1. The Morgan fingerprint density at radius 3 is 2.08 bits per heavy atom. The summed E-state index contributed by atoms with van der Waals surface area (Å²) in [5, 5.41) is 2.69. The second kappa shape index (κ2) is 7.63. The molecule has 0 N–H and O–H groups in total. The summed E-state index contributed by atoms with van der Waals surface area (Å²) in [5.41, 5.74) is 4.39. The van der Waals surface area contributed by atoms with Crippen LogP contribution in [0.15, 0.2) is 66.7 Å². The maximum atomic E-state index is 2.55. The van der Waals surface area contributed by atoms with Crippen LogP contribution in [0.25, 0.3) is 10.8 Å². The Hall–Kier alpha value is -2.12. The van der Waals surface area contributed by atoms with Crippen molar-refractivity contribution in [3.63, 3.8) is 0 Å². The van der Waals surface area contributed by atoms with Gasteiger partial charge in [-0.05, 0) is 46.7 Å². The first kappa shape index (κ1) is 18.7. The van der Waals surface area contributed by atoms with Crippen LogP contribution < -0.4 is 0 Å². The number of hydrogen-bond acceptors (Lipinski definition) is 1. The van der Waals surface area contributed by atoms with Gasteiger partial charge in [-0.1, -0.05) is 87.5 Å². The van der Waals surface area contributed by atoms with Crippen molar-refractivity contribution in [2.24, 2.45) is 0 Å². The summed E-state index contributed by atoms with van der Waals surface area (Å²) in [6.45, 7) is 13.3. The van der Waals surface area contributed by atoms with E-state index < -0.39 is 0 Å². The molecule has 0 atom stereocenters. The molecule has 0 heterocycles. The summed E-state index contributed by atoms with van der Waals surface area (Å²) >= 11 is 0. The molecule has 3 rings (SSSR count). The number of benzene rings is 3. The van der Waals surface area contributed by atoms with Gasteiger partial charge in [0.25, 0.3) is 0 Å². The van der Waals surface area contributed by atoms with Crippen LogP contribution >= 0.6 is 0 Å². The molecule has 26 heavy (non-hydrogen) atoms. The Morgan fingerprint density at radius 1 is 0.769 bits per heavy atom. The number of rotatable bonds is 5. The van der Waals surface area contributed by atoms with Crippen molar-refractivity contribution in [1.82, 2.24) is 4.90 Å². The smallest absolute Gasteiger partial charge is 0.0246 e. The van der Waals surface area contributed by atoms with E-state index >= 15 is 0 Å². The molecule has 0 aromatic heterocycles. The first-order chi connectivity index (χ1) is 12.3. The Balaban J connectivity index is 1.81. The fraction of sp³-hybridized carbons (Fsp3) is 0.360. The van der Waals surface area contributed by atoms with Gasteiger partial charge in [-0.3, -0.25) is 4.90 Å². The van der Waals surface area contributed by atoms with E-state index in [4.69, 9.17) is 0 Å². The van der Waals surface area contributed by atoms with Gasteiger partial charge in [0, 0.05) is 19.1 Å². The van der Waals surface area contributed by atoms with Crippen molar-refractivity contribution in [2.45, 2.75) is 59.2 Å². The van der Waals surface area contributed by atoms with Gasteiger partial charge in [-0.25, -0.2) is 0 Å². The maximum absolute atomic E-state index is 2.55. The van der Waals surface area contributed by atoms with Crippen LogP contribution in [-0.4, -0.2) is 10.9 Å². The van der Waals surface area contributed by atoms with E-state index in [1.54, 1.807) is 0 Å². The molecule has 0 aliphatic heterocycles. The van der Waals surface area contributed by atoms with Crippen molar-refractivity contribution < 1.29 is 0 Å². The zero-order valence-electron chi connectivity index (χ0n) is 16.8. The van der Waals surface area contributed by atoms with Crippen molar-refractivity contribution in [3.8, 4) is 0 Å². The average Bonchev–Trinajstić information content (AvgIpc) is 2.61. The topological polar surface area (TPSA) is 3.24 Å². The summed E-state index contributed by atoms with van der Waals surface area (Å²) in [4.78, 5) is 2.55. The molecule has 3 aromatic rings. The molecule has 0 saturated heterocycles. The standard InChI is InChI=1S/C25H31N/c1-19(2)26(17-20-13-15-23(16-14-20)25(3,4)5)18-22-11-8-10-21-9-6-7-12-24(21)22/h6-16,19H,17-18H2,1-5H3. The normalized spacial score (nSPS) is 12.3. The molecule has 0 aliphatic carbocycles. The van der Waals surface area contributed by atoms with E-state index in [1.807, 2.05) is 0 Å². The van der Waals surface area contributed by atoms with E-state index in [0.29, 0.717) is 6.04 Å². The molecule has 3 aromatic carbocycles. The Labute approximate surface area is 158 Å². The van der Waals surface area contributed by atoms with E-state index in [0.717, 1.165) is 13.1 Å². The Morgan fingerprint density at radius 2 is 1.42 bits per heavy atom. The molecule has 136 valence electrons. The fourth-order valence-corrected chi connectivity index (χ4v) is 3.41. The highest BCUT2D eigenvalue weighted by Crippen LogP contribution is 2.24. The molecule has 0 aliphatic rings. The first-order valence-electron chi connectivity index (χ1n) is 9.65. The highest BCUT2D eigenvalue weighted by atomic mass is 15.1. The van der Waals surface area contributed by atoms with E-state index in [-0.39, 0.29) is 5.41 Å². The van der Waals surface area contributed by atoms with Crippen LogP contribution in [0.1, 0.15) is 51.3 Å². The zero-order valence-corrected chi connectivity index (χ0v) is 16.8. The maximum Gasteiger partial charge on any atom is 0.0246 e. The van der Waals surface area contributed by atoms with Crippen LogP contribution in [0.2, 0.25) is 0 Å². The Kier molecular flexibility index (Phi) is 5.48. The van der Waals surface area contributed by atoms with Crippen LogP contribution in [0.3, 0.4) is 0 Å². The lowest BCUT2D eigenvalue weighted by Gasteiger charge is -2.28. The van der Waals surface area contributed by atoms with Crippen molar-refractivity contribution in [3.05, 3.63) is 83.4 Å². The second-order valence-electron chi connectivity index (χ2n) is 8.58. The second-order valence-corrected chi connectivity index (χ2v) is 8.58.